The highest BCUT2D eigenvalue weighted by atomic mass is 16.3. The molecule has 0 aliphatic carbocycles. The highest BCUT2D eigenvalue weighted by molar-refractivity contribution is 6.16. The summed E-state index contributed by atoms with van der Waals surface area (Å²) in [4.78, 5) is 2.45. The molecule has 10 aromatic rings. The zero-order valence-corrected chi connectivity index (χ0v) is 28.4. The van der Waals surface area contributed by atoms with Crippen molar-refractivity contribution >= 4 is 60.5 Å². The molecule has 2 heteroatoms. The van der Waals surface area contributed by atoms with Gasteiger partial charge in [0.2, 0.25) is 0 Å². The molecular weight excluding hydrogens is 631 g/mol. The van der Waals surface area contributed by atoms with Crippen molar-refractivity contribution in [2.24, 2.45) is 0 Å². The van der Waals surface area contributed by atoms with Gasteiger partial charge in [-0.3, -0.25) is 0 Å². The van der Waals surface area contributed by atoms with E-state index in [1.165, 1.54) is 49.4 Å². The lowest BCUT2D eigenvalue weighted by atomic mass is 9.87. The summed E-state index contributed by atoms with van der Waals surface area (Å²) >= 11 is 0. The molecule has 0 atom stereocenters. The maximum Gasteiger partial charge on any atom is 0.137 e. The van der Waals surface area contributed by atoms with E-state index in [1.54, 1.807) is 0 Å². The average molecular weight is 664 g/mol. The smallest absolute Gasteiger partial charge is 0.137 e. The average Bonchev–Trinajstić information content (AvgIpc) is 3.60. The minimum Gasteiger partial charge on any atom is -0.456 e. The molecule has 0 aliphatic heterocycles. The van der Waals surface area contributed by atoms with Crippen molar-refractivity contribution < 1.29 is 4.42 Å². The lowest BCUT2D eigenvalue weighted by Crippen LogP contribution is -2.12. The van der Waals surface area contributed by atoms with Crippen molar-refractivity contribution in [3.63, 3.8) is 0 Å². The van der Waals surface area contributed by atoms with Crippen LogP contribution in [0.2, 0.25) is 0 Å². The zero-order valence-electron chi connectivity index (χ0n) is 28.4. The van der Waals surface area contributed by atoms with Gasteiger partial charge in [0, 0.05) is 33.5 Å². The van der Waals surface area contributed by atoms with Gasteiger partial charge < -0.3 is 9.32 Å². The monoisotopic (exact) mass is 663 g/mol. The second-order valence-corrected chi connectivity index (χ2v) is 13.3. The van der Waals surface area contributed by atoms with Gasteiger partial charge in [-0.25, -0.2) is 0 Å². The van der Waals surface area contributed by atoms with E-state index in [-0.39, 0.29) is 0 Å². The van der Waals surface area contributed by atoms with Gasteiger partial charge in [0.25, 0.3) is 0 Å². The van der Waals surface area contributed by atoms with Gasteiger partial charge in [0.05, 0.1) is 11.4 Å². The third-order valence-electron chi connectivity index (χ3n) is 10.3. The van der Waals surface area contributed by atoms with Crippen molar-refractivity contribution in [3.8, 4) is 33.4 Å². The van der Waals surface area contributed by atoms with Gasteiger partial charge >= 0.3 is 0 Å². The van der Waals surface area contributed by atoms with Crippen LogP contribution < -0.4 is 4.90 Å². The fourth-order valence-corrected chi connectivity index (χ4v) is 7.92. The number of nitrogens with zero attached hydrogens (tertiary/aromatic N) is 1. The molecule has 10 rings (SSSR count). The summed E-state index contributed by atoms with van der Waals surface area (Å²) in [5.74, 6) is 0. The zero-order chi connectivity index (χ0) is 34.4. The van der Waals surface area contributed by atoms with Crippen molar-refractivity contribution in [2.45, 2.75) is 0 Å². The predicted molar refractivity (Wildman–Crippen MR) is 220 cm³/mol. The molecule has 0 amide bonds. The van der Waals surface area contributed by atoms with E-state index in [9.17, 15) is 0 Å². The van der Waals surface area contributed by atoms with Crippen LogP contribution in [0, 0.1) is 0 Å². The third kappa shape index (κ3) is 4.96. The summed E-state index contributed by atoms with van der Waals surface area (Å²) in [6.45, 7) is 0. The van der Waals surface area contributed by atoms with E-state index >= 15 is 0 Å². The predicted octanol–water partition coefficient (Wildman–Crippen LogP) is 14.4. The molecule has 0 saturated heterocycles. The Morgan fingerprint density at radius 3 is 1.69 bits per heavy atom. The van der Waals surface area contributed by atoms with Crippen LogP contribution in [0.4, 0.5) is 17.1 Å². The number of hydrogen-bond donors (Lipinski definition) is 0. The van der Waals surface area contributed by atoms with Gasteiger partial charge in [-0.2, -0.15) is 0 Å². The Morgan fingerprint density at radius 1 is 0.327 bits per heavy atom. The molecule has 0 spiro atoms. The standard InChI is InChI=1S/C50H33NO/c1-3-16-34(17-4-1)38-21-9-12-26-45(38)50-40(35-18-5-2-6-19-35)27-15-28-46(50)51(37-30-31-44-43-25-13-14-29-48(43)52-49(44)33-37)47-32-36-20-7-8-22-39(36)41-23-10-11-24-42(41)47/h1-33H. The van der Waals surface area contributed by atoms with Crippen molar-refractivity contribution in [3.05, 3.63) is 200 Å². The topological polar surface area (TPSA) is 16.4 Å². The molecule has 0 N–H and O–H groups in total. The number of anilines is 3. The highest BCUT2D eigenvalue weighted by Crippen LogP contribution is 2.50. The molecule has 244 valence electrons. The molecule has 0 unspecified atom stereocenters. The third-order valence-corrected chi connectivity index (χ3v) is 10.3. The maximum atomic E-state index is 6.53. The lowest BCUT2D eigenvalue weighted by molar-refractivity contribution is 0.669. The molecule has 0 fully saturated rings. The molecule has 0 saturated carbocycles. The molecule has 0 bridgehead atoms. The fraction of sp³-hybridized carbons (Fsp3) is 0. The van der Waals surface area contributed by atoms with Gasteiger partial charge in [-0.1, -0.05) is 164 Å². The Balaban J connectivity index is 1.34. The SMILES string of the molecule is c1ccc(-c2ccccc2-c2c(-c3ccccc3)cccc2N(c2ccc3c(c2)oc2ccccc23)c2cc3ccccc3c3ccccc23)cc1. The maximum absolute atomic E-state index is 6.53. The van der Waals surface area contributed by atoms with Crippen LogP contribution in [0.1, 0.15) is 0 Å². The minimum absolute atomic E-state index is 0.860. The van der Waals surface area contributed by atoms with E-state index in [2.05, 4.69) is 193 Å². The van der Waals surface area contributed by atoms with E-state index < -0.39 is 0 Å². The number of hydrogen-bond acceptors (Lipinski definition) is 2. The van der Waals surface area contributed by atoms with Crippen LogP contribution in [0.5, 0.6) is 0 Å². The number of rotatable bonds is 6. The first-order valence-corrected chi connectivity index (χ1v) is 17.8. The van der Waals surface area contributed by atoms with Crippen LogP contribution in [0.25, 0.3) is 76.9 Å². The number of para-hydroxylation sites is 1. The first-order valence-electron chi connectivity index (χ1n) is 17.8. The molecule has 52 heavy (non-hydrogen) atoms. The molecule has 0 aliphatic rings. The second kappa shape index (κ2) is 12.5. The van der Waals surface area contributed by atoms with Crippen LogP contribution in [-0.2, 0) is 0 Å². The molecule has 1 aromatic heterocycles. The van der Waals surface area contributed by atoms with Gasteiger partial charge in [-0.05, 0) is 74.3 Å². The summed E-state index contributed by atoms with van der Waals surface area (Å²) in [5.41, 5.74) is 12.0. The van der Waals surface area contributed by atoms with Gasteiger partial charge in [0.1, 0.15) is 11.2 Å². The summed E-state index contributed by atoms with van der Waals surface area (Å²) in [7, 11) is 0. The normalized spacial score (nSPS) is 11.5. The lowest BCUT2D eigenvalue weighted by Gasteiger charge is -2.31. The van der Waals surface area contributed by atoms with E-state index in [1.807, 2.05) is 12.1 Å². The molecule has 1 heterocycles. The van der Waals surface area contributed by atoms with Crippen molar-refractivity contribution in [2.75, 3.05) is 4.90 Å². The summed E-state index contributed by atoms with van der Waals surface area (Å²) in [6.07, 6.45) is 0. The van der Waals surface area contributed by atoms with Crippen LogP contribution in [-0.4, -0.2) is 0 Å². The van der Waals surface area contributed by atoms with Gasteiger partial charge in [0.15, 0.2) is 0 Å². The first kappa shape index (κ1) is 30.0. The Bertz CT molecular complexity index is 2910. The Labute approximate surface area is 302 Å². The summed E-state index contributed by atoms with van der Waals surface area (Å²) in [5, 5.41) is 7.05. The number of furan rings is 1. The van der Waals surface area contributed by atoms with Crippen LogP contribution in [0.3, 0.4) is 0 Å². The molecular formula is C50H33NO. The fourth-order valence-electron chi connectivity index (χ4n) is 7.92. The molecule has 9 aromatic carbocycles. The van der Waals surface area contributed by atoms with E-state index in [0.29, 0.717) is 0 Å². The largest absolute Gasteiger partial charge is 0.456 e. The Hall–Kier alpha value is -6.90. The Kier molecular flexibility index (Phi) is 7.18. The minimum atomic E-state index is 0.860. The highest BCUT2D eigenvalue weighted by Gasteiger charge is 2.25. The van der Waals surface area contributed by atoms with Gasteiger partial charge in [-0.15, -0.1) is 0 Å². The van der Waals surface area contributed by atoms with Crippen LogP contribution in [0.15, 0.2) is 205 Å². The number of benzene rings is 9. The quantitative estimate of drug-likeness (QED) is 0.165. The summed E-state index contributed by atoms with van der Waals surface area (Å²) < 4.78 is 6.53. The molecule has 0 radical (unpaired) electrons. The number of fused-ring (bicyclic) bond motifs is 6. The van der Waals surface area contributed by atoms with Crippen molar-refractivity contribution in [1.82, 2.24) is 0 Å². The van der Waals surface area contributed by atoms with E-state index in [4.69, 9.17) is 4.42 Å². The van der Waals surface area contributed by atoms with E-state index in [0.717, 1.165) is 44.6 Å². The van der Waals surface area contributed by atoms with Crippen LogP contribution >= 0.6 is 0 Å². The van der Waals surface area contributed by atoms with Crippen molar-refractivity contribution in [1.29, 1.82) is 0 Å². The molecule has 2 nitrogen and oxygen atoms in total. The second-order valence-electron chi connectivity index (χ2n) is 13.3. The summed E-state index contributed by atoms with van der Waals surface area (Å²) in [6, 6.07) is 71.8. The first-order chi connectivity index (χ1) is 25.8. The Morgan fingerprint density at radius 2 is 0.904 bits per heavy atom.